The highest BCUT2D eigenvalue weighted by molar-refractivity contribution is 6.34. The Hall–Kier alpha value is -3.72. The van der Waals surface area contributed by atoms with E-state index in [1.54, 1.807) is 6.92 Å². The summed E-state index contributed by atoms with van der Waals surface area (Å²) < 4.78 is 64.8. The Balaban J connectivity index is 2.13. The average molecular weight is 535 g/mol. The van der Waals surface area contributed by atoms with Crippen LogP contribution in [0.1, 0.15) is 28.7 Å². The van der Waals surface area contributed by atoms with Gasteiger partial charge in [0, 0.05) is 12.1 Å². The molecule has 3 heterocycles. The number of alkyl halides is 3. The molecule has 0 saturated heterocycles. The van der Waals surface area contributed by atoms with E-state index in [0.717, 1.165) is 4.57 Å². The number of nitrogens with zero attached hydrogens (tertiary/aromatic N) is 5. The number of methoxy groups -OCH3 is 1. The number of pyridine rings is 2. The fourth-order valence-corrected chi connectivity index (χ4v) is 3.38. The lowest BCUT2D eigenvalue weighted by molar-refractivity contribution is -0.154. The number of ether oxygens (including phenoxy) is 2. The van der Waals surface area contributed by atoms with Gasteiger partial charge in [0.2, 0.25) is 11.8 Å². The van der Waals surface area contributed by atoms with Gasteiger partial charge in [0.25, 0.3) is 5.91 Å². The number of aliphatic hydroxyl groups is 1. The van der Waals surface area contributed by atoms with E-state index in [1.807, 2.05) is 0 Å². The fourth-order valence-electron chi connectivity index (χ4n) is 3.15. The van der Waals surface area contributed by atoms with E-state index >= 15 is 4.39 Å². The quantitative estimate of drug-likeness (QED) is 0.421. The lowest BCUT2D eigenvalue weighted by atomic mass is 10.2. The summed E-state index contributed by atoms with van der Waals surface area (Å²) in [6, 6.07) is 0.543. The molecule has 194 valence electrons. The second-order valence-corrected chi connectivity index (χ2v) is 7.54. The van der Waals surface area contributed by atoms with Gasteiger partial charge in [0.1, 0.15) is 12.2 Å². The van der Waals surface area contributed by atoms with Crippen molar-refractivity contribution in [2.75, 3.05) is 19.0 Å². The fraction of sp³-hybridized carbons (Fsp3) is 0.350. The lowest BCUT2D eigenvalue weighted by Gasteiger charge is -2.16. The van der Waals surface area contributed by atoms with Gasteiger partial charge in [-0.05, 0) is 19.9 Å². The van der Waals surface area contributed by atoms with E-state index in [4.69, 9.17) is 16.3 Å². The third-order valence-electron chi connectivity index (χ3n) is 4.80. The number of halogens is 5. The number of anilines is 1. The van der Waals surface area contributed by atoms with Crippen LogP contribution in [-0.2, 0) is 13.2 Å². The summed E-state index contributed by atoms with van der Waals surface area (Å²) in [7, 11) is 1.32. The largest absolute Gasteiger partial charge is 0.481 e. The van der Waals surface area contributed by atoms with Crippen LogP contribution in [0.4, 0.5) is 23.2 Å². The third kappa shape index (κ3) is 5.41. The molecule has 0 aromatic carbocycles. The van der Waals surface area contributed by atoms with E-state index in [9.17, 15) is 27.9 Å². The Kier molecular flexibility index (Phi) is 7.83. The van der Waals surface area contributed by atoms with Crippen LogP contribution in [0.3, 0.4) is 0 Å². The predicted molar refractivity (Wildman–Crippen MR) is 117 cm³/mol. The summed E-state index contributed by atoms with van der Waals surface area (Å²) in [6.07, 6.45) is -3.66. The number of carbonyl (C=O) groups is 1. The number of carbonyl (C=O) groups excluding carboxylic acids is 1. The molecule has 11 nitrogen and oxygen atoms in total. The van der Waals surface area contributed by atoms with Crippen molar-refractivity contribution in [3.8, 4) is 17.6 Å². The van der Waals surface area contributed by atoms with Crippen molar-refractivity contribution in [1.29, 1.82) is 0 Å². The zero-order valence-corrected chi connectivity index (χ0v) is 19.7. The molecule has 1 amide bonds. The first kappa shape index (κ1) is 26.9. The first-order valence-electron chi connectivity index (χ1n) is 10.1. The molecule has 0 fully saturated rings. The molecule has 3 aromatic heterocycles. The van der Waals surface area contributed by atoms with Crippen molar-refractivity contribution in [3.05, 3.63) is 50.5 Å². The first-order chi connectivity index (χ1) is 16.9. The topological polar surface area (TPSA) is 133 Å². The van der Waals surface area contributed by atoms with Gasteiger partial charge in [-0.1, -0.05) is 11.6 Å². The minimum Gasteiger partial charge on any atom is -0.481 e. The number of aliphatic hydroxyl groups excluding tert-OH is 1. The molecule has 0 aliphatic carbocycles. The second kappa shape index (κ2) is 10.5. The standard InChI is InChI=1S/C20H19ClF4N6O5/c1-4-30-13(7-32)29-31(19(30)34)15-12(22)5-10(18(28-15)36-8-20(23,24)25)16(33)27-14-9(2)17(35-3)26-6-11(14)21/h5-6,32H,4,7-8H2,1-3H3,(H,26,27,33). The first-order valence-corrected chi connectivity index (χ1v) is 10.5. The molecule has 16 heteroatoms. The smallest absolute Gasteiger partial charge is 0.422 e. The number of amides is 1. The molecule has 2 N–H and O–H groups in total. The van der Waals surface area contributed by atoms with Crippen molar-refractivity contribution < 1.29 is 36.9 Å². The van der Waals surface area contributed by atoms with Gasteiger partial charge in [-0.25, -0.2) is 14.2 Å². The van der Waals surface area contributed by atoms with Crippen LogP contribution in [-0.4, -0.2) is 55.2 Å². The highest BCUT2D eigenvalue weighted by Gasteiger charge is 2.31. The minimum atomic E-state index is -4.83. The number of rotatable bonds is 8. The van der Waals surface area contributed by atoms with Crippen LogP contribution in [0, 0.1) is 12.7 Å². The van der Waals surface area contributed by atoms with Crippen LogP contribution in [0.25, 0.3) is 5.82 Å². The summed E-state index contributed by atoms with van der Waals surface area (Å²) in [5.74, 6) is -4.20. The van der Waals surface area contributed by atoms with Gasteiger partial charge in [0.15, 0.2) is 24.1 Å². The molecular formula is C20H19ClF4N6O5. The maximum atomic E-state index is 15.0. The maximum absolute atomic E-state index is 15.0. The number of aromatic nitrogens is 5. The summed E-state index contributed by atoms with van der Waals surface area (Å²) >= 11 is 6.08. The molecule has 0 aliphatic rings. The Morgan fingerprint density at radius 3 is 2.56 bits per heavy atom. The molecule has 36 heavy (non-hydrogen) atoms. The molecule has 0 unspecified atom stereocenters. The molecule has 0 aliphatic heterocycles. The zero-order chi connectivity index (χ0) is 26.8. The summed E-state index contributed by atoms with van der Waals surface area (Å²) in [5, 5.41) is 15.5. The van der Waals surface area contributed by atoms with Crippen LogP contribution >= 0.6 is 11.6 Å². The highest BCUT2D eigenvalue weighted by atomic mass is 35.5. The molecule has 0 atom stereocenters. The molecule has 0 radical (unpaired) electrons. The van der Waals surface area contributed by atoms with Crippen molar-refractivity contribution in [2.45, 2.75) is 33.2 Å². The van der Waals surface area contributed by atoms with Gasteiger partial charge in [-0.3, -0.25) is 9.36 Å². The normalized spacial score (nSPS) is 11.5. The predicted octanol–water partition coefficient (Wildman–Crippen LogP) is 2.64. The SMILES string of the molecule is CCn1c(CO)nn(-c2nc(OCC(F)(F)F)c(C(=O)Nc3c(Cl)cnc(OC)c3C)cc2F)c1=O. The highest BCUT2D eigenvalue weighted by Crippen LogP contribution is 2.32. The van der Waals surface area contributed by atoms with E-state index in [1.165, 1.54) is 20.2 Å². The number of nitrogens with one attached hydrogen (secondary N) is 1. The van der Waals surface area contributed by atoms with Crippen molar-refractivity contribution in [3.63, 3.8) is 0 Å². The Morgan fingerprint density at radius 1 is 1.31 bits per heavy atom. The van der Waals surface area contributed by atoms with Crippen molar-refractivity contribution in [1.82, 2.24) is 24.3 Å². The van der Waals surface area contributed by atoms with Crippen LogP contribution in [0.2, 0.25) is 5.02 Å². The third-order valence-corrected chi connectivity index (χ3v) is 5.09. The monoisotopic (exact) mass is 534 g/mol. The molecule has 3 rings (SSSR count). The van der Waals surface area contributed by atoms with Crippen LogP contribution in [0.15, 0.2) is 17.1 Å². The summed E-state index contributed by atoms with van der Waals surface area (Å²) in [4.78, 5) is 33.1. The van der Waals surface area contributed by atoms with Gasteiger partial charge < -0.3 is 19.9 Å². The number of hydrogen-bond donors (Lipinski definition) is 2. The summed E-state index contributed by atoms with van der Waals surface area (Å²) in [6.45, 7) is 0.581. The Bertz CT molecular complexity index is 1360. The lowest BCUT2D eigenvalue weighted by Crippen LogP contribution is -2.27. The van der Waals surface area contributed by atoms with Gasteiger partial charge in [-0.2, -0.15) is 22.8 Å². The Morgan fingerprint density at radius 2 is 2.00 bits per heavy atom. The van der Waals surface area contributed by atoms with Crippen LogP contribution < -0.4 is 20.5 Å². The molecule has 0 bridgehead atoms. The van der Waals surface area contributed by atoms with E-state index in [2.05, 4.69) is 25.1 Å². The summed E-state index contributed by atoms with van der Waals surface area (Å²) in [5.41, 5.74) is -1.35. The zero-order valence-electron chi connectivity index (χ0n) is 19.0. The molecule has 3 aromatic rings. The maximum Gasteiger partial charge on any atom is 0.422 e. The van der Waals surface area contributed by atoms with E-state index < -0.39 is 54.1 Å². The van der Waals surface area contributed by atoms with E-state index in [-0.39, 0.29) is 34.5 Å². The Labute approximate surface area is 205 Å². The minimum absolute atomic E-state index is 0.00488. The molecular weight excluding hydrogens is 516 g/mol. The average Bonchev–Trinajstić information content (AvgIpc) is 3.15. The number of hydrogen-bond acceptors (Lipinski definition) is 8. The van der Waals surface area contributed by atoms with Crippen molar-refractivity contribution in [2.24, 2.45) is 0 Å². The van der Waals surface area contributed by atoms with Crippen molar-refractivity contribution >= 4 is 23.2 Å². The van der Waals surface area contributed by atoms with Gasteiger partial charge >= 0.3 is 11.9 Å². The van der Waals surface area contributed by atoms with Gasteiger partial charge in [0.05, 0.1) is 24.0 Å². The van der Waals surface area contributed by atoms with Gasteiger partial charge in [-0.15, -0.1) is 5.10 Å². The van der Waals surface area contributed by atoms with Crippen LogP contribution in [0.5, 0.6) is 11.8 Å². The van der Waals surface area contributed by atoms with E-state index in [0.29, 0.717) is 10.7 Å². The molecule has 0 spiro atoms. The second-order valence-electron chi connectivity index (χ2n) is 7.13. The molecule has 0 saturated carbocycles.